The first-order chi connectivity index (χ1) is 6.81. The van der Waals surface area contributed by atoms with E-state index in [-0.39, 0.29) is 0 Å². The molecule has 1 aromatic carbocycles. The summed E-state index contributed by atoms with van der Waals surface area (Å²) >= 11 is 11.9. The Kier molecular flexibility index (Phi) is 3.16. The first kappa shape index (κ1) is 10.1. The lowest BCUT2D eigenvalue weighted by molar-refractivity contribution is 1.48. The average Bonchev–Trinajstić information content (AvgIpc) is 2.65. The van der Waals surface area contributed by atoms with Crippen molar-refractivity contribution in [2.75, 3.05) is 0 Å². The van der Waals surface area contributed by atoms with Crippen molar-refractivity contribution in [1.29, 1.82) is 0 Å². The molecule has 0 amide bonds. The van der Waals surface area contributed by atoms with Crippen LogP contribution in [-0.4, -0.2) is 0 Å². The van der Waals surface area contributed by atoms with Crippen LogP contribution in [0.2, 0.25) is 5.02 Å². The monoisotopic (exact) mass is 240 g/mol. The molecule has 0 nitrogen and oxygen atoms in total. The van der Waals surface area contributed by atoms with Crippen molar-refractivity contribution in [3.63, 3.8) is 0 Å². The minimum atomic E-state index is 0.769. The van der Waals surface area contributed by atoms with E-state index in [4.69, 9.17) is 11.6 Å². The number of rotatable bonds is 2. The molecule has 1 aromatic heterocycles. The standard InChI is InChI=1S/C11H9ClS2/c12-10-3-1-2-8(4-10)11-7-14-6-9(11)5-13/h1-4,6-7,13H,5H2. The van der Waals surface area contributed by atoms with Gasteiger partial charge in [0.25, 0.3) is 0 Å². The van der Waals surface area contributed by atoms with Gasteiger partial charge in [-0.05, 0) is 39.6 Å². The summed E-state index contributed by atoms with van der Waals surface area (Å²) in [6.45, 7) is 0. The van der Waals surface area contributed by atoms with Gasteiger partial charge in [0.15, 0.2) is 0 Å². The Labute approximate surface area is 98.0 Å². The van der Waals surface area contributed by atoms with E-state index in [9.17, 15) is 0 Å². The van der Waals surface area contributed by atoms with Crippen LogP contribution >= 0.6 is 35.6 Å². The van der Waals surface area contributed by atoms with Gasteiger partial charge in [-0.1, -0.05) is 23.7 Å². The van der Waals surface area contributed by atoms with Gasteiger partial charge in [-0.15, -0.1) is 0 Å². The minimum Gasteiger partial charge on any atom is -0.174 e. The summed E-state index contributed by atoms with van der Waals surface area (Å²) in [6, 6.07) is 7.91. The van der Waals surface area contributed by atoms with Crippen LogP contribution in [0.15, 0.2) is 35.0 Å². The highest BCUT2D eigenvalue weighted by Gasteiger charge is 2.04. The maximum atomic E-state index is 5.94. The molecule has 0 saturated carbocycles. The van der Waals surface area contributed by atoms with Crippen LogP contribution in [0.1, 0.15) is 5.56 Å². The van der Waals surface area contributed by atoms with Crippen LogP contribution in [0.5, 0.6) is 0 Å². The molecule has 0 aliphatic rings. The van der Waals surface area contributed by atoms with E-state index in [0.29, 0.717) is 0 Å². The van der Waals surface area contributed by atoms with Crippen molar-refractivity contribution in [3.05, 3.63) is 45.6 Å². The quantitative estimate of drug-likeness (QED) is 0.735. The molecule has 0 bridgehead atoms. The van der Waals surface area contributed by atoms with Gasteiger partial charge in [-0.2, -0.15) is 24.0 Å². The van der Waals surface area contributed by atoms with E-state index in [1.54, 1.807) is 11.3 Å². The van der Waals surface area contributed by atoms with Crippen LogP contribution in [-0.2, 0) is 5.75 Å². The van der Waals surface area contributed by atoms with Crippen molar-refractivity contribution < 1.29 is 0 Å². The van der Waals surface area contributed by atoms with Crippen LogP contribution in [0.4, 0.5) is 0 Å². The highest BCUT2D eigenvalue weighted by Crippen LogP contribution is 2.29. The lowest BCUT2D eigenvalue weighted by Gasteiger charge is -2.01. The predicted molar refractivity (Wildman–Crippen MR) is 67.5 cm³/mol. The number of hydrogen-bond acceptors (Lipinski definition) is 2. The Morgan fingerprint density at radius 1 is 1.29 bits per heavy atom. The molecule has 2 aromatic rings. The van der Waals surface area contributed by atoms with Gasteiger partial charge in [0, 0.05) is 10.8 Å². The third-order valence-corrected chi connectivity index (χ3v) is 3.42. The largest absolute Gasteiger partial charge is 0.174 e. The van der Waals surface area contributed by atoms with Gasteiger partial charge in [-0.25, -0.2) is 0 Å². The highest BCUT2D eigenvalue weighted by molar-refractivity contribution is 7.79. The maximum Gasteiger partial charge on any atom is 0.0412 e. The van der Waals surface area contributed by atoms with E-state index in [1.165, 1.54) is 16.7 Å². The smallest absolute Gasteiger partial charge is 0.0412 e. The molecule has 0 N–H and O–H groups in total. The van der Waals surface area contributed by atoms with Crippen LogP contribution < -0.4 is 0 Å². The van der Waals surface area contributed by atoms with Gasteiger partial charge in [0.05, 0.1) is 0 Å². The van der Waals surface area contributed by atoms with E-state index < -0.39 is 0 Å². The topological polar surface area (TPSA) is 0 Å². The first-order valence-corrected chi connectivity index (χ1v) is 6.18. The zero-order valence-electron chi connectivity index (χ0n) is 7.40. The van der Waals surface area contributed by atoms with Crippen molar-refractivity contribution in [1.82, 2.24) is 0 Å². The molecule has 2 rings (SSSR count). The average molecular weight is 241 g/mol. The molecule has 14 heavy (non-hydrogen) atoms. The molecule has 0 aliphatic heterocycles. The summed E-state index contributed by atoms with van der Waals surface area (Å²) in [5.41, 5.74) is 3.68. The van der Waals surface area contributed by atoms with Crippen molar-refractivity contribution in [2.45, 2.75) is 5.75 Å². The number of hydrogen-bond donors (Lipinski definition) is 1. The van der Waals surface area contributed by atoms with Gasteiger partial charge in [-0.3, -0.25) is 0 Å². The number of thiophene rings is 1. The van der Waals surface area contributed by atoms with Gasteiger partial charge >= 0.3 is 0 Å². The molecular weight excluding hydrogens is 232 g/mol. The van der Waals surface area contributed by atoms with Gasteiger partial charge in [0.2, 0.25) is 0 Å². The summed E-state index contributed by atoms with van der Waals surface area (Å²) in [7, 11) is 0. The third-order valence-electron chi connectivity index (χ3n) is 2.05. The molecule has 0 spiro atoms. The zero-order chi connectivity index (χ0) is 9.97. The van der Waals surface area contributed by atoms with Gasteiger partial charge in [0.1, 0.15) is 0 Å². The Morgan fingerprint density at radius 3 is 2.86 bits per heavy atom. The molecule has 0 aliphatic carbocycles. The number of thiol groups is 1. The van der Waals surface area contributed by atoms with Crippen LogP contribution in [0, 0.1) is 0 Å². The highest BCUT2D eigenvalue weighted by atomic mass is 35.5. The summed E-state index contributed by atoms with van der Waals surface area (Å²) in [4.78, 5) is 0. The summed E-state index contributed by atoms with van der Waals surface area (Å²) in [5, 5.41) is 5.04. The fraction of sp³-hybridized carbons (Fsp3) is 0.0909. The van der Waals surface area contributed by atoms with Crippen LogP contribution in [0.25, 0.3) is 11.1 Å². The Morgan fingerprint density at radius 2 is 2.14 bits per heavy atom. The second kappa shape index (κ2) is 4.39. The summed E-state index contributed by atoms with van der Waals surface area (Å²) in [5.74, 6) is 0.769. The molecule has 0 unspecified atom stereocenters. The normalized spacial score (nSPS) is 10.4. The van der Waals surface area contributed by atoms with Gasteiger partial charge < -0.3 is 0 Å². The SMILES string of the molecule is SCc1cscc1-c1cccc(Cl)c1. The molecule has 0 radical (unpaired) electrons. The molecule has 0 atom stereocenters. The second-order valence-electron chi connectivity index (χ2n) is 2.98. The number of halogens is 1. The summed E-state index contributed by atoms with van der Waals surface area (Å²) in [6.07, 6.45) is 0. The van der Waals surface area contributed by atoms with E-state index in [2.05, 4.69) is 29.5 Å². The molecule has 0 fully saturated rings. The van der Waals surface area contributed by atoms with Crippen LogP contribution in [0.3, 0.4) is 0 Å². The summed E-state index contributed by atoms with van der Waals surface area (Å²) < 4.78 is 0. The molecule has 72 valence electrons. The molecular formula is C11H9ClS2. The van der Waals surface area contributed by atoms with E-state index in [0.717, 1.165) is 10.8 Å². The fourth-order valence-electron chi connectivity index (χ4n) is 1.36. The number of benzene rings is 1. The maximum absolute atomic E-state index is 5.94. The molecule has 1 heterocycles. The van der Waals surface area contributed by atoms with Crippen molar-refractivity contribution in [3.8, 4) is 11.1 Å². The zero-order valence-corrected chi connectivity index (χ0v) is 9.87. The van der Waals surface area contributed by atoms with Crippen molar-refractivity contribution >= 4 is 35.6 Å². The Balaban J connectivity index is 2.49. The van der Waals surface area contributed by atoms with E-state index >= 15 is 0 Å². The fourth-order valence-corrected chi connectivity index (χ4v) is 2.80. The minimum absolute atomic E-state index is 0.769. The predicted octanol–water partition coefficient (Wildman–Crippen LogP) is 4.50. The first-order valence-electron chi connectivity index (χ1n) is 4.23. The van der Waals surface area contributed by atoms with Crippen molar-refractivity contribution in [2.24, 2.45) is 0 Å². The molecule has 3 heteroatoms. The Bertz CT molecular complexity index is 434. The lowest BCUT2D eigenvalue weighted by Crippen LogP contribution is -1.79. The second-order valence-corrected chi connectivity index (χ2v) is 4.48. The Hall–Kier alpha value is -0.440. The third kappa shape index (κ3) is 1.97. The lowest BCUT2D eigenvalue weighted by atomic mass is 10.1. The molecule has 0 saturated heterocycles. The van der Waals surface area contributed by atoms with E-state index in [1.807, 2.05) is 18.2 Å².